The lowest BCUT2D eigenvalue weighted by Crippen LogP contribution is -2.38. The Hall–Kier alpha value is -3.52. The summed E-state index contributed by atoms with van der Waals surface area (Å²) in [5.41, 5.74) is 1.04. The molecule has 0 aliphatic heterocycles. The van der Waals surface area contributed by atoms with Crippen molar-refractivity contribution in [1.29, 1.82) is 0 Å². The molecule has 1 amide bonds. The first-order valence-corrected chi connectivity index (χ1v) is 10.1. The van der Waals surface area contributed by atoms with Crippen molar-refractivity contribution in [2.75, 3.05) is 0 Å². The number of hydrogen-bond donors (Lipinski definition) is 1. The van der Waals surface area contributed by atoms with E-state index in [0.29, 0.717) is 27.2 Å². The van der Waals surface area contributed by atoms with Gasteiger partial charge in [-0.2, -0.15) is 0 Å². The lowest BCUT2D eigenvalue weighted by atomic mass is 10.2. The summed E-state index contributed by atoms with van der Waals surface area (Å²) in [6, 6.07) is 16.7. The van der Waals surface area contributed by atoms with Gasteiger partial charge in [0.15, 0.2) is 0 Å². The lowest BCUT2D eigenvalue weighted by Gasteiger charge is -2.08. The van der Waals surface area contributed by atoms with E-state index in [-0.39, 0.29) is 18.3 Å². The Bertz CT molecular complexity index is 1340. The van der Waals surface area contributed by atoms with Crippen molar-refractivity contribution in [3.63, 3.8) is 0 Å². The van der Waals surface area contributed by atoms with Gasteiger partial charge in [-0.15, -0.1) is 11.3 Å². The largest absolute Gasteiger partial charge is 0.347 e. The maximum atomic E-state index is 13.1. The van der Waals surface area contributed by atoms with Crippen LogP contribution in [0, 0.1) is 5.82 Å². The van der Waals surface area contributed by atoms with E-state index in [9.17, 15) is 18.8 Å². The van der Waals surface area contributed by atoms with E-state index < -0.39 is 11.2 Å². The number of aromatic nitrogens is 2. The maximum absolute atomic E-state index is 13.1. The molecule has 0 aliphatic rings. The number of hydrogen-bond acceptors (Lipinski definition) is 4. The van der Waals surface area contributed by atoms with Gasteiger partial charge in [-0.3, -0.25) is 18.7 Å². The van der Waals surface area contributed by atoms with Gasteiger partial charge in [0.05, 0.1) is 16.9 Å². The van der Waals surface area contributed by atoms with Crippen molar-refractivity contribution in [3.05, 3.63) is 103 Å². The van der Waals surface area contributed by atoms with E-state index in [0.717, 1.165) is 21.5 Å². The number of rotatable bonds is 5. The molecule has 0 radical (unpaired) electrons. The van der Waals surface area contributed by atoms with E-state index in [1.165, 1.54) is 28.8 Å². The number of amides is 1. The molecule has 0 atom stereocenters. The summed E-state index contributed by atoms with van der Waals surface area (Å²) in [6.07, 6.45) is 0. The quantitative estimate of drug-likeness (QED) is 0.537. The number of thiophene rings is 1. The van der Waals surface area contributed by atoms with Crippen LogP contribution in [-0.2, 0) is 20.1 Å². The van der Waals surface area contributed by atoms with Gasteiger partial charge in [-0.05, 0) is 29.3 Å². The molecule has 30 heavy (non-hydrogen) atoms. The summed E-state index contributed by atoms with van der Waals surface area (Å²) in [5.74, 6) is -0.698. The van der Waals surface area contributed by atoms with Gasteiger partial charge < -0.3 is 5.32 Å². The van der Waals surface area contributed by atoms with Gasteiger partial charge in [0, 0.05) is 13.6 Å². The van der Waals surface area contributed by atoms with Gasteiger partial charge in [-0.1, -0.05) is 42.5 Å². The van der Waals surface area contributed by atoms with Crippen molar-refractivity contribution in [3.8, 4) is 0 Å². The van der Waals surface area contributed by atoms with Crippen molar-refractivity contribution >= 4 is 27.5 Å². The second kappa shape index (κ2) is 8.08. The molecule has 0 unspecified atom stereocenters. The molecule has 0 saturated carbocycles. The SMILES string of the molecule is Cn1c(=O)n(Cc2ccc(F)cc2)c(=O)c2sc(C(=O)NCc3ccccc3)cc21. The van der Waals surface area contributed by atoms with Crippen LogP contribution in [0.4, 0.5) is 4.39 Å². The molecule has 2 aromatic carbocycles. The second-order valence-electron chi connectivity index (χ2n) is 6.85. The Morgan fingerprint density at radius 3 is 2.43 bits per heavy atom. The van der Waals surface area contributed by atoms with Crippen molar-refractivity contribution in [1.82, 2.24) is 14.5 Å². The zero-order valence-corrected chi connectivity index (χ0v) is 16.9. The number of carbonyl (C=O) groups excluding carboxylic acids is 1. The molecule has 4 aromatic rings. The molecule has 2 aromatic heterocycles. The Kier molecular flexibility index (Phi) is 5.33. The van der Waals surface area contributed by atoms with E-state index in [2.05, 4.69) is 5.32 Å². The normalized spacial score (nSPS) is 11.0. The molecule has 0 saturated heterocycles. The first-order valence-electron chi connectivity index (χ1n) is 9.24. The van der Waals surface area contributed by atoms with Crippen LogP contribution in [0.15, 0.2) is 70.3 Å². The smallest absolute Gasteiger partial charge is 0.331 e. The second-order valence-corrected chi connectivity index (χ2v) is 7.90. The maximum Gasteiger partial charge on any atom is 0.331 e. The fourth-order valence-electron chi connectivity index (χ4n) is 3.17. The highest BCUT2D eigenvalue weighted by atomic mass is 32.1. The summed E-state index contributed by atoms with van der Waals surface area (Å²) in [4.78, 5) is 38.6. The van der Waals surface area contributed by atoms with E-state index in [4.69, 9.17) is 0 Å². The molecule has 1 N–H and O–H groups in total. The molecule has 0 fully saturated rings. The summed E-state index contributed by atoms with van der Waals surface area (Å²) >= 11 is 1.05. The summed E-state index contributed by atoms with van der Waals surface area (Å²) < 4.78 is 15.9. The summed E-state index contributed by atoms with van der Waals surface area (Å²) in [6.45, 7) is 0.386. The van der Waals surface area contributed by atoms with Gasteiger partial charge >= 0.3 is 5.69 Å². The number of benzene rings is 2. The van der Waals surface area contributed by atoms with Crippen LogP contribution in [0.2, 0.25) is 0 Å². The van der Waals surface area contributed by atoms with Gasteiger partial charge in [0.25, 0.3) is 11.5 Å². The average molecular weight is 423 g/mol. The highest BCUT2D eigenvalue weighted by molar-refractivity contribution is 7.20. The van der Waals surface area contributed by atoms with Gasteiger partial charge in [-0.25, -0.2) is 9.18 Å². The Balaban J connectivity index is 1.67. The van der Waals surface area contributed by atoms with Crippen LogP contribution in [0.3, 0.4) is 0 Å². The predicted molar refractivity (Wildman–Crippen MR) is 114 cm³/mol. The number of halogens is 1. The van der Waals surface area contributed by atoms with Crippen LogP contribution in [0.5, 0.6) is 0 Å². The fraction of sp³-hybridized carbons (Fsp3) is 0.136. The minimum atomic E-state index is -0.495. The molecule has 4 rings (SSSR count). The third kappa shape index (κ3) is 3.81. The molecular weight excluding hydrogens is 405 g/mol. The zero-order valence-electron chi connectivity index (χ0n) is 16.1. The molecule has 0 bridgehead atoms. The fourth-order valence-corrected chi connectivity index (χ4v) is 4.22. The molecule has 6 nitrogen and oxygen atoms in total. The van der Waals surface area contributed by atoms with Gasteiger partial charge in [0.1, 0.15) is 10.5 Å². The Labute approximate surface area is 174 Å². The van der Waals surface area contributed by atoms with Crippen LogP contribution < -0.4 is 16.6 Å². The third-order valence-corrected chi connectivity index (χ3v) is 5.92. The van der Waals surface area contributed by atoms with Crippen LogP contribution in [0.25, 0.3) is 10.2 Å². The van der Waals surface area contributed by atoms with Crippen LogP contribution >= 0.6 is 11.3 Å². The molecule has 0 aliphatic carbocycles. The highest BCUT2D eigenvalue weighted by Gasteiger charge is 2.18. The minimum absolute atomic E-state index is 0.0230. The zero-order chi connectivity index (χ0) is 21.3. The number of fused-ring (bicyclic) bond motifs is 1. The van der Waals surface area contributed by atoms with Crippen molar-refractivity contribution in [2.24, 2.45) is 7.05 Å². The third-order valence-electron chi connectivity index (χ3n) is 4.80. The van der Waals surface area contributed by atoms with Crippen molar-refractivity contribution < 1.29 is 9.18 Å². The first-order chi connectivity index (χ1) is 14.4. The molecule has 152 valence electrons. The minimum Gasteiger partial charge on any atom is -0.347 e. The Morgan fingerprint density at radius 1 is 1.03 bits per heavy atom. The first kappa shape index (κ1) is 19.8. The topological polar surface area (TPSA) is 73.1 Å². The Morgan fingerprint density at radius 2 is 1.73 bits per heavy atom. The van der Waals surface area contributed by atoms with E-state index in [1.807, 2.05) is 30.3 Å². The number of aryl methyl sites for hydroxylation is 1. The van der Waals surface area contributed by atoms with Crippen molar-refractivity contribution in [2.45, 2.75) is 13.1 Å². The average Bonchev–Trinajstić information content (AvgIpc) is 3.21. The van der Waals surface area contributed by atoms with Gasteiger partial charge in [0.2, 0.25) is 0 Å². The van der Waals surface area contributed by atoms with E-state index >= 15 is 0 Å². The molecule has 8 heteroatoms. The lowest BCUT2D eigenvalue weighted by molar-refractivity contribution is 0.0955. The number of carbonyl (C=O) groups is 1. The summed E-state index contributed by atoms with van der Waals surface area (Å²) in [7, 11) is 1.56. The molecular formula is C22H18FN3O3S. The summed E-state index contributed by atoms with van der Waals surface area (Å²) in [5, 5.41) is 2.83. The monoisotopic (exact) mass is 423 g/mol. The van der Waals surface area contributed by atoms with Crippen LogP contribution in [0.1, 0.15) is 20.8 Å². The standard InChI is InChI=1S/C22H18FN3O3S/c1-25-17-11-18(20(27)24-12-14-5-3-2-4-6-14)30-19(17)21(28)26(22(25)29)13-15-7-9-16(23)10-8-15/h2-11H,12-13H2,1H3,(H,24,27). The van der Waals surface area contributed by atoms with E-state index in [1.54, 1.807) is 13.1 Å². The molecule has 0 spiro atoms. The van der Waals surface area contributed by atoms with Crippen LogP contribution in [-0.4, -0.2) is 15.0 Å². The number of nitrogens with one attached hydrogen (secondary N) is 1. The predicted octanol–water partition coefficient (Wildman–Crippen LogP) is 2.88. The highest BCUT2D eigenvalue weighted by Crippen LogP contribution is 2.21. The number of nitrogens with zero attached hydrogens (tertiary/aromatic N) is 2. The molecule has 2 heterocycles.